The maximum absolute atomic E-state index is 8.00. The molecule has 0 radical (unpaired) electrons. The van der Waals surface area contributed by atoms with Crippen molar-refractivity contribution in [2.45, 2.75) is 111 Å². The van der Waals surface area contributed by atoms with Gasteiger partial charge in [0.05, 0.1) is 0 Å². The average Bonchev–Trinajstić information content (AvgIpc) is 3.51. The number of hydrogen-bond donors (Lipinski definition) is 0. The zero-order valence-electron chi connectivity index (χ0n) is 20.1. The molecule has 1 unspecified atom stereocenters. The van der Waals surface area contributed by atoms with E-state index in [0.29, 0.717) is 11.5 Å². The van der Waals surface area contributed by atoms with Gasteiger partial charge in [-0.05, 0) is 85.3 Å². The Balaban J connectivity index is 0.00000155. The summed E-state index contributed by atoms with van der Waals surface area (Å²) in [6.07, 6.45) is 18.3. The van der Waals surface area contributed by atoms with Gasteiger partial charge in [0, 0.05) is 12.3 Å². The molecule has 0 bridgehead atoms. The van der Waals surface area contributed by atoms with Crippen LogP contribution in [0.25, 0.3) is 0 Å². The highest BCUT2D eigenvalue weighted by Crippen LogP contribution is 2.49. The summed E-state index contributed by atoms with van der Waals surface area (Å²) in [5.74, 6) is 1.84. The topological polar surface area (TPSA) is 29.4 Å². The van der Waals surface area contributed by atoms with Crippen LogP contribution in [-0.4, -0.2) is 19.0 Å². The molecule has 0 amide bonds. The van der Waals surface area contributed by atoms with Gasteiger partial charge in [0.1, 0.15) is 6.79 Å². The lowest BCUT2D eigenvalue weighted by Gasteiger charge is -2.27. The van der Waals surface area contributed by atoms with Crippen LogP contribution >= 0.6 is 0 Å². The zero-order chi connectivity index (χ0) is 22.0. The van der Waals surface area contributed by atoms with Gasteiger partial charge >= 0.3 is 0 Å². The molecule has 2 aliphatic carbocycles. The molecule has 30 heavy (non-hydrogen) atoms. The van der Waals surface area contributed by atoms with Gasteiger partial charge in [-0.3, -0.25) is 4.99 Å². The first-order valence-electron chi connectivity index (χ1n) is 12.4. The highest BCUT2D eigenvalue weighted by atomic mass is 16.1. The van der Waals surface area contributed by atoms with E-state index in [1.54, 1.807) is 0 Å². The highest BCUT2D eigenvalue weighted by molar-refractivity contribution is 5.82. The fourth-order valence-electron chi connectivity index (χ4n) is 4.90. The first kappa shape index (κ1) is 24.8. The van der Waals surface area contributed by atoms with Crippen LogP contribution in [0.2, 0.25) is 0 Å². The lowest BCUT2D eigenvalue weighted by Crippen LogP contribution is -2.17. The van der Waals surface area contributed by atoms with Gasteiger partial charge in [0.25, 0.3) is 0 Å². The minimum Gasteiger partial charge on any atom is -0.307 e. The van der Waals surface area contributed by atoms with Crippen molar-refractivity contribution in [1.29, 1.82) is 0 Å². The molecule has 3 rings (SSSR count). The van der Waals surface area contributed by atoms with Crippen molar-refractivity contribution < 1.29 is 4.79 Å². The van der Waals surface area contributed by atoms with E-state index in [9.17, 15) is 0 Å². The van der Waals surface area contributed by atoms with E-state index < -0.39 is 0 Å². The third-order valence-corrected chi connectivity index (χ3v) is 7.57. The van der Waals surface area contributed by atoms with Gasteiger partial charge in [0.15, 0.2) is 0 Å². The van der Waals surface area contributed by atoms with E-state index in [0.717, 1.165) is 18.3 Å². The summed E-state index contributed by atoms with van der Waals surface area (Å²) in [4.78, 5) is 13.0. The first-order valence-corrected chi connectivity index (χ1v) is 12.4. The molecule has 2 saturated carbocycles. The molecule has 2 fully saturated rings. The van der Waals surface area contributed by atoms with Gasteiger partial charge in [-0.25, -0.2) is 0 Å². The fraction of sp³-hybridized carbons (Fsp3) is 0.714. The molecular formula is C28H45NO. The normalized spacial score (nSPS) is 23.6. The fourth-order valence-corrected chi connectivity index (χ4v) is 4.90. The number of benzene rings is 1. The molecule has 0 aliphatic heterocycles. The van der Waals surface area contributed by atoms with Crippen molar-refractivity contribution in [3.8, 4) is 0 Å². The minimum absolute atomic E-state index is 0.502. The molecule has 2 aliphatic rings. The molecule has 168 valence electrons. The van der Waals surface area contributed by atoms with Crippen LogP contribution in [-0.2, 0) is 17.6 Å². The third-order valence-electron chi connectivity index (χ3n) is 7.57. The van der Waals surface area contributed by atoms with Gasteiger partial charge in [-0.2, -0.15) is 0 Å². The molecule has 0 N–H and O–H groups in total. The Morgan fingerprint density at radius 3 is 2.47 bits per heavy atom. The van der Waals surface area contributed by atoms with Crippen molar-refractivity contribution in [2.75, 3.05) is 0 Å². The summed E-state index contributed by atoms with van der Waals surface area (Å²) in [7, 11) is 0. The Labute approximate surface area is 186 Å². The van der Waals surface area contributed by atoms with Crippen LogP contribution in [0.4, 0.5) is 0 Å². The smallest absolute Gasteiger partial charge is 0.106 e. The summed E-state index contributed by atoms with van der Waals surface area (Å²) >= 11 is 0. The number of aliphatic imine (C=N–C) groups is 1. The van der Waals surface area contributed by atoms with E-state index >= 15 is 0 Å². The maximum atomic E-state index is 8.00. The van der Waals surface area contributed by atoms with E-state index in [4.69, 9.17) is 9.79 Å². The summed E-state index contributed by atoms with van der Waals surface area (Å²) in [6, 6.07) is 7.62. The molecule has 1 aromatic carbocycles. The van der Waals surface area contributed by atoms with E-state index in [2.05, 4.69) is 52.1 Å². The van der Waals surface area contributed by atoms with Crippen LogP contribution in [0, 0.1) is 17.3 Å². The zero-order valence-corrected chi connectivity index (χ0v) is 20.1. The third kappa shape index (κ3) is 8.00. The van der Waals surface area contributed by atoms with Crippen molar-refractivity contribution in [2.24, 2.45) is 22.2 Å². The quantitative estimate of drug-likeness (QED) is 0.364. The maximum Gasteiger partial charge on any atom is 0.106 e. The van der Waals surface area contributed by atoms with Gasteiger partial charge in [-0.1, -0.05) is 71.6 Å². The second-order valence-electron chi connectivity index (χ2n) is 10.3. The summed E-state index contributed by atoms with van der Waals surface area (Å²) in [6.45, 7) is 11.4. The minimum atomic E-state index is 0.502. The van der Waals surface area contributed by atoms with Crippen molar-refractivity contribution in [3.05, 3.63) is 34.9 Å². The highest BCUT2D eigenvalue weighted by Gasteiger charge is 2.35. The number of carbonyl (C=O) groups excluding carboxylic acids is 1. The standard InChI is InChI=1S/C27H43N.CH2O/c1-5-24-18-22(8-7-15-27(4)16-17-27)13-14-25(24)20-28-26(6-2)19-23-11-9-21(3)10-12-23;1-2/h13-14,18,20-21,23,26H,5-12,15-17,19H2,1-4H3;1H2. The summed E-state index contributed by atoms with van der Waals surface area (Å²) in [5.41, 5.74) is 5.02. The molecule has 1 atom stereocenters. The number of hydrogen-bond acceptors (Lipinski definition) is 2. The molecule has 0 heterocycles. The van der Waals surface area contributed by atoms with Crippen molar-refractivity contribution in [1.82, 2.24) is 0 Å². The van der Waals surface area contributed by atoms with Crippen LogP contribution < -0.4 is 0 Å². The monoisotopic (exact) mass is 411 g/mol. The Hall–Kier alpha value is -1.44. The van der Waals surface area contributed by atoms with Crippen LogP contribution in [0.1, 0.15) is 109 Å². The number of carbonyl (C=O) groups is 1. The van der Waals surface area contributed by atoms with E-state index in [1.165, 1.54) is 87.3 Å². The van der Waals surface area contributed by atoms with Gasteiger partial charge < -0.3 is 4.79 Å². The van der Waals surface area contributed by atoms with Crippen LogP contribution in [0.5, 0.6) is 0 Å². The lowest BCUT2D eigenvalue weighted by molar-refractivity contribution is -0.0979. The Morgan fingerprint density at radius 2 is 1.87 bits per heavy atom. The number of aryl methyl sites for hydroxylation is 2. The Morgan fingerprint density at radius 1 is 1.17 bits per heavy atom. The number of rotatable bonds is 10. The summed E-state index contributed by atoms with van der Waals surface area (Å²) < 4.78 is 0. The predicted molar refractivity (Wildman–Crippen MR) is 131 cm³/mol. The molecule has 1 aromatic rings. The molecule has 0 aromatic heterocycles. The van der Waals surface area contributed by atoms with E-state index in [-0.39, 0.29) is 0 Å². The summed E-state index contributed by atoms with van der Waals surface area (Å²) in [5, 5.41) is 0. The largest absolute Gasteiger partial charge is 0.307 e. The molecule has 2 nitrogen and oxygen atoms in total. The van der Waals surface area contributed by atoms with Gasteiger partial charge in [-0.15, -0.1) is 0 Å². The van der Waals surface area contributed by atoms with E-state index in [1.807, 2.05) is 6.79 Å². The Bertz CT molecular complexity index is 653. The molecular weight excluding hydrogens is 366 g/mol. The second kappa shape index (κ2) is 12.4. The average molecular weight is 412 g/mol. The van der Waals surface area contributed by atoms with Crippen LogP contribution in [0.3, 0.4) is 0 Å². The molecule has 0 saturated heterocycles. The van der Waals surface area contributed by atoms with Crippen LogP contribution in [0.15, 0.2) is 23.2 Å². The predicted octanol–water partition coefficient (Wildman–Crippen LogP) is 7.60. The van der Waals surface area contributed by atoms with Gasteiger partial charge in [0.2, 0.25) is 0 Å². The molecule has 0 spiro atoms. The van der Waals surface area contributed by atoms with Crippen molar-refractivity contribution in [3.63, 3.8) is 0 Å². The first-order chi connectivity index (χ1) is 14.5. The molecule has 2 heteroatoms. The Kier molecular flexibility index (Phi) is 10.3. The lowest BCUT2D eigenvalue weighted by atomic mass is 9.80. The SMILES string of the molecule is C=O.CCc1cc(CCCC2(C)CC2)ccc1C=NC(CC)CC1CCC(C)CC1. The van der Waals surface area contributed by atoms with Crippen molar-refractivity contribution >= 4 is 13.0 Å². The number of nitrogens with zero attached hydrogens (tertiary/aromatic N) is 1. The second-order valence-corrected chi connectivity index (χ2v) is 10.3.